The van der Waals surface area contributed by atoms with Crippen molar-refractivity contribution >= 4 is 11.8 Å². The number of aliphatic hydroxyl groups is 1. The first-order valence-electron chi connectivity index (χ1n) is 8.48. The molecule has 0 aromatic heterocycles. The molecule has 0 spiro atoms. The van der Waals surface area contributed by atoms with Crippen molar-refractivity contribution in [3.05, 3.63) is 71.3 Å². The largest absolute Gasteiger partial charge is 0.391 e. The van der Waals surface area contributed by atoms with Crippen LogP contribution in [0.25, 0.3) is 0 Å². The maximum absolute atomic E-state index is 12.2. The summed E-state index contributed by atoms with van der Waals surface area (Å²) in [6.45, 7) is 2.73. The smallest absolute Gasteiger partial charge is 0.251 e. The number of rotatable bonds is 8. The van der Waals surface area contributed by atoms with Gasteiger partial charge in [-0.15, -0.1) is 0 Å². The highest BCUT2D eigenvalue weighted by Gasteiger charge is 2.12. The molecule has 25 heavy (non-hydrogen) atoms. The Morgan fingerprint density at radius 1 is 0.960 bits per heavy atom. The molecule has 0 heterocycles. The van der Waals surface area contributed by atoms with Gasteiger partial charge in [-0.25, -0.2) is 0 Å². The highest BCUT2D eigenvalue weighted by atomic mass is 16.3. The lowest BCUT2D eigenvalue weighted by Crippen LogP contribution is -2.33. The Hall–Kier alpha value is -2.66. The van der Waals surface area contributed by atoms with E-state index < -0.39 is 6.10 Å². The minimum atomic E-state index is -0.664. The van der Waals surface area contributed by atoms with Crippen molar-refractivity contribution in [1.82, 2.24) is 10.6 Å². The summed E-state index contributed by atoms with van der Waals surface area (Å²) >= 11 is 0. The molecule has 0 radical (unpaired) electrons. The van der Waals surface area contributed by atoms with Gasteiger partial charge in [0.15, 0.2) is 0 Å². The Balaban J connectivity index is 1.89. The van der Waals surface area contributed by atoms with Crippen molar-refractivity contribution in [3.63, 3.8) is 0 Å². The number of carbonyl (C=O) groups excluding carboxylic acids is 2. The molecule has 0 fully saturated rings. The number of aliphatic hydroxyl groups excluding tert-OH is 1. The average Bonchev–Trinajstić information content (AvgIpc) is 2.65. The van der Waals surface area contributed by atoms with E-state index in [0.717, 1.165) is 12.0 Å². The monoisotopic (exact) mass is 340 g/mol. The van der Waals surface area contributed by atoms with Gasteiger partial charge >= 0.3 is 0 Å². The van der Waals surface area contributed by atoms with Gasteiger partial charge in [-0.1, -0.05) is 43.3 Å². The Morgan fingerprint density at radius 2 is 1.60 bits per heavy atom. The maximum Gasteiger partial charge on any atom is 0.251 e. The van der Waals surface area contributed by atoms with Gasteiger partial charge in [0.1, 0.15) is 0 Å². The van der Waals surface area contributed by atoms with Crippen LogP contribution in [0.4, 0.5) is 0 Å². The van der Waals surface area contributed by atoms with Gasteiger partial charge in [-0.2, -0.15) is 0 Å². The van der Waals surface area contributed by atoms with Crippen LogP contribution in [0.2, 0.25) is 0 Å². The van der Waals surface area contributed by atoms with E-state index in [9.17, 15) is 14.7 Å². The quantitative estimate of drug-likeness (QED) is 0.689. The summed E-state index contributed by atoms with van der Waals surface area (Å²) in [5.41, 5.74) is 1.86. The molecule has 3 N–H and O–H groups in total. The third-order valence-corrected chi connectivity index (χ3v) is 3.73. The lowest BCUT2D eigenvalue weighted by molar-refractivity contribution is 0.0916. The van der Waals surface area contributed by atoms with E-state index in [1.165, 1.54) is 0 Å². The molecule has 2 rings (SSSR count). The first kappa shape index (κ1) is 18.7. The third-order valence-electron chi connectivity index (χ3n) is 3.73. The summed E-state index contributed by atoms with van der Waals surface area (Å²) in [5.74, 6) is -0.502. The van der Waals surface area contributed by atoms with Crippen molar-refractivity contribution in [2.24, 2.45) is 0 Å². The van der Waals surface area contributed by atoms with Crippen LogP contribution in [0.3, 0.4) is 0 Å². The molecule has 0 aliphatic heterocycles. The summed E-state index contributed by atoms with van der Waals surface area (Å²) in [6, 6.07) is 16.2. The standard InChI is InChI=1S/C20H24N2O3/c1-2-11-21-19(24)16-9-6-10-17(13-16)20(25)22-14-18(23)12-15-7-4-3-5-8-15/h3-10,13,18,23H,2,11-12,14H2,1H3,(H,21,24)(H,22,25). The number of benzene rings is 2. The van der Waals surface area contributed by atoms with E-state index in [-0.39, 0.29) is 18.4 Å². The molecular weight excluding hydrogens is 316 g/mol. The number of nitrogens with one attached hydrogen (secondary N) is 2. The average molecular weight is 340 g/mol. The summed E-state index contributed by atoms with van der Waals surface area (Å²) in [4.78, 5) is 24.2. The fourth-order valence-electron chi connectivity index (χ4n) is 2.41. The Labute approximate surface area is 148 Å². The Bertz CT molecular complexity index is 701. The van der Waals surface area contributed by atoms with Crippen LogP contribution in [-0.4, -0.2) is 36.1 Å². The zero-order chi connectivity index (χ0) is 18.1. The molecule has 5 nitrogen and oxygen atoms in total. The predicted octanol–water partition coefficient (Wildman–Crippen LogP) is 2.16. The van der Waals surface area contributed by atoms with Crippen molar-refractivity contribution in [2.45, 2.75) is 25.9 Å². The van der Waals surface area contributed by atoms with Crippen LogP contribution in [-0.2, 0) is 6.42 Å². The minimum Gasteiger partial charge on any atom is -0.391 e. The molecule has 132 valence electrons. The van der Waals surface area contributed by atoms with Crippen molar-refractivity contribution in [3.8, 4) is 0 Å². The van der Waals surface area contributed by atoms with E-state index in [1.807, 2.05) is 37.3 Å². The topological polar surface area (TPSA) is 78.4 Å². The lowest BCUT2D eigenvalue weighted by atomic mass is 10.1. The summed E-state index contributed by atoms with van der Waals surface area (Å²) in [6.07, 6.45) is 0.661. The summed E-state index contributed by atoms with van der Waals surface area (Å²) in [7, 11) is 0. The maximum atomic E-state index is 12.2. The van der Waals surface area contributed by atoms with Crippen molar-refractivity contribution < 1.29 is 14.7 Å². The number of hydrogen-bond donors (Lipinski definition) is 3. The second-order valence-electron chi connectivity index (χ2n) is 5.89. The van der Waals surface area contributed by atoms with Gasteiger partial charge in [0.05, 0.1) is 6.10 Å². The number of hydrogen-bond acceptors (Lipinski definition) is 3. The van der Waals surface area contributed by atoms with Crippen LogP contribution in [0.15, 0.2) is 54.6 Å². The molecule has 1 unspecified atom stereocenters. The molecule has 0 saturated carbocycles. The van der Waals surface area contributed by atoms with Crippen LogP contribution in [0.5, 0.6) is 0 Å². The molecular formula is C20H24N2O3. The highest BCUT2D eigenvalue weighted by molar-refractivity contribution is 5.99. The Morgan fingerprint density at radius 3 is 2.24 bits per heavy atom. The van der Waals surface area contributed by atoms with Crippen LogP contribution in [0.1, 0.15) is 39.6 Å². The molecule has 2 aromatic carbocycles. The lowest BCUT2D eigenvalue weighted by Gasteiger charge is -2.12. The molecule has 5 heteroatoms. The van der Waals surface area contributed by atoms with E-state index in [2.05, 4.69) is 10.6 Å². The minimum absolute atomic E-state index is 0.153. The summed E-state index contributed by atoms with van der Waals surface area (Å²) < 4.78 is 0. The van der Waals surface area contributed by atoms with Crippen molar-refractivity contribution in [1.29, 1.82) is 0 Å². The second kappa shape index (κ2) is 9.59. The predicted molar refractivity (Wildman–Crippen MR) is 97.6 cm³/mol. The zero-order valence-corrected chi connectivity index (χ0v) is 14.4. The van der Waals surface area contributed by atoms with Crippen LogP contribution >= 0.6 is 0 Å². The first-order valence-corrected chi connectivity index (χ1v) is 8.48. The molecule has 0 aliphatic carbocycles. The summed E-state index contributed by atoms with van der Waals surface area (Å²) in [5, 5.41) is 15.5. The fraction of sp³-hybridized carbons (Fsp3) is 0.300. The third kappa shape index (κ3) is 6.04. The van der Waals surface area contributed by atoms with E-state index in [4.69, 9.17) is 0 Å². The molecule has 0 saturated heterocycles. The van der Waals surface area contributed by atoms with Crippen molar-refractivity contribution in [2.75, 3.05) is 13.1 Å². The van der Waals surface area contributed by atoms with Gasteiger partial charge in [-0.05, 0) is 30.2 Å². The first-order chi connectivity index (χ1) is 12.1. The molecule has 0 bridgehead atoms. The molecule has 1 atom stereocenters. The second-order valence-corrected chi connectivity index (χ2v) is 5.89. The molecule has 0 aliphatic rings. The molecule has 2 amide bonds. The van der Waals surface area contributed by atoms with Gasteiger partial charge < -0.3 is 15.7 Å². The number of carbonyl (C=O) groups is 2. The molecule has 2 aromatic rings. The van der Waals surface area contributed by atoms with Gasteiger partial charge in [0, 0.05) is 30.6 Å². The zero-order valence-electron chi connectivity index (χ0n) is 14.4. The highest BCUT2D eigenvalue weighted by Crippen LogP contribution is 2.06. The fourth-order valence-corrected chi connectivity index (χ4v) is 2.41. The van der Waals surface area contributed by atoms with E-state index >= 15 is 0 Å². The number of amides is 2. The van der Waals surface area contributed by atoms with Crippen LogP contribution < -0.4 is 10.6 Å². The Kier molecular flexibility index (Phi) is 7.16. The normalized spacial score (nSPS) is 11.6. The SMILES string of the molecule is CCCNC(=O)c1cccc(C(=O)NCC(O)Cc2ccccc2)c1. The van der Waals surface area contributed by atoms with E-state index in [0.29, 0.717) is 24.1 Å². The van der Waals surface area contributed by atoms with Gasteiger partial charge in [-0.3, -0.25) is 9.59 Å². The van der Waals surface area contributed by atoms with Gasteiger partial charge in [0.2, 0.25) is 0 Å². The van der Waals surface area contributed by atoms with Crippen LogP contribution in [0, 0.1) is 0 Å². The van der Waals surface area contributed by atoms with Gasteiger partial charge in [0.25, 0.3) is 11.8 Å². The van der Waals surface area contributed by atoms with E-state index in [1.54, 1.807) is 24.3 Å².